The first-order valence-electron chi connectivity index (χ1n) is 9.31. The van der Waals surface area contributed by atoms with E-state index in [0.29, 0.717) is 12.1 Å². The lowest BCUT2D eigenvalue weighted by Crippen LogP contribution is -2.54. The van der Waals surface area contributed by atoms with Gasteiger partial charge in [0.2, 0.25) is 0 Å². The molecule has 1 aromatic heterocycles. The summed E-state index contributed by atoms with van der Waals surface area (Å²) in [5.41, 5.74) is 0. The van der Waals surface area contributed by atoms with Crippen molar-refractivity contribution in [2.75, 3.05) is 13.1 Å². The van der Waals surface area contributed by atoms with Crippen LogP contribution in [0.4, 0.5) is 0 Å². The highest BCUT2D eigenvalue weighted by Gasteiger charge is 2.36. The molecule has 0 radical (unpaired) electrons. The topological polar surface area (TPSA) is 65.5 Å². The number of thiazole rings is 1. The average Bonchev–Trinajstić information content (AvgIpc) is 3.12. The van der Waals surface area contributed by atoms with Gasteiger partial charge in [-0.15, -0.1) is 11.3 Å². The van der Waals surface area contributed by atoms with Gasteiger partial charge in [-0.25, -0.2) is 4.98 Å². The maximum Gasteiger partial charge on any atom is 0.317 e. The van der Waals surface area contributed by atoms with Crippen LogP contribution in [0.1, 0.15) is 60.7 Å². The van der Waals surface area contributed by atoms with Crippen LogP contribution in [0.25, 0.3) is 0 Å². The molecule has 0 atom stereocenters. The minimum absolute atomic E-state index is 0.202. The summed E-state index contributed by atoms with van der Waals surface area (Å²) in [6, 6.07) is 0.978. The zero-order chi connectivity index (χ0) is 16.5. The summed E-state index contributed by atoms with van der Waals surface area (Å²) in [4.78, 5) is 19.2. The molecule has 0 aliphatic heterocycles. The van der Waals surface area contributed by atoms with E-state index in [1.165, 1.54) is 42.0 Å². The van der Waals surface area contributed by atoms with Crippen LogP contribution in [0.3, 0.4) is 0 Å². The summed E-state index contributed by atoms with van der Waals surface area (Å²) < 4.78 is 0. The van der Waals surface area contributed by atoms with E-state index in [9.17, 15) is 4.79 Å². The first kappa shape index (κ1) is 16.5. The van der Waals surface area contributed by atoms with E-state index >= 15 is 0 Å². The van der Waals surface area contributed by atoms with Gasteiger partial charge in [-0.3, -0.25) is 9.69 Å². The molecule has 2 N–H and O–H groups in total. The Kier molecular flexibility index (Phi) is 4.88. The van der Waals surface area contributed by atoms with Crippen molar-refractivity contribution < 1.29 is 9.90 Å². The van der Waals surface area contributed by atoms with Gasteiger partial charge < -0.3 is 10.4 Å². The molecule has 0 amide bonds. The monoisotopic (exact) mass is 349 g/mol. The van der Waals surface area contributed by atoms with E-state index in [4.69, 9.17) is 5.11 Å². The molecule has 0 bridgehead atoms. The fourth-order valence-corrected chi connectivity index (χ4v) is 4.73. The Balaban J connectivity index is 1.20. The SMILES string of the molecule is O=C(O)CN(CC1CC1)C1CC(NCc2cnc(C3CCC3)s2)C1. The van der Waals surface area contributed by atoms with Crippen LogP contribution in [0.5, 0.6) is 0 Å². The Labute approximate surface area is 147 Å². The van der Waals surface area contributed by atoms with Gasteiger partial charge in [0, 0.05) is 42.2 Å². The van der Waals surface area contributed by atoms with Gasteiger partial charge >= 0.3 is 5.97 Å². The lowest BCUT2D eigenvalue weighted by Gasteiger charge is -2.43. The van der Waals surface area contributed by atoms with E-state index < -0.39 is 5.97 Å². The van der Waals surface area contributed by atoms with E-state index in [-0.39, 0.29) is 6.54 Å². The summed E-state index contributed by atoms with van der Waals surface area (Å²) in [7, 11) is 0. The van der Waals surface area contributed by atoms with Crippen LogP contribution in [-0.2, 0) is 11.3 Å². The molecule has 1 aromatic rings. The molecule has 3 fully saturated rings. The van der Waals surface area contributed by atoms with Crippen LogP contribution >= 0.6 is 11.3 Å². The van der Waals surface area contributed by atoms with Gasteiger partial charge in [0.25, 0.3) is 0 Å². The van der Waals surface area contributed by atoms with Crippen LogP contribution in [0.15, 0.2) is 6.20 Å². The molecule has 3 aliphatic carbocycles. The van der Waals surface area contributed by atoms with Crippen molar-refractivity contribution in [1.29, 1.82) is 0 Å². The number of hydrogen-bond donors (Lipinski definition) is 2. The third-order valence-corrected chi connectivity index (χ3v) is 6.91. The Hall–Kier alpha value is -0.980. The minimum atomic E-state index is -0.694. The summed E-state index contributed by atoms with van der Waals surface area (Å²) in [6.45, 7) is 2.08. The number of carboxylic acids is 1. The van der Waals surface area contributed by atoms with Crippen molar-refractivity contribution in [3.05, 3.63) is 16.1 Å². The van der Waals surface area contributed by atoms with Crippen molar-refractivity contribution >= 4 is 17.3 Å². The number of rotatable bonds is 9. The van der Waals surface area contributed by atoms with Crippen molar-refractivity contribution in [3.63, 3.8) is 0 Å². The minimum Gasteiger partial charge on any atom is -0.480 e. The first-order chi connectivity index (χ1) is 11.7. The summed E-state index contributed by atoms with van der Waals surface area (Å²) in [5, 5.41) is 14.1. The fraction of sp³-hybridized carbons (Fsp3) is 0.778. The predicted molar refractivity (Wildman–Crippen MR) is 94.3 cm³/mol. The maximum absolute atomic E-state index is 11.1. The average molecular weight is 350 g/mol. The molecule has 0 aromatic carbocycles. The molecule has 1 heterocycles. The van der Waals surface area contributed by atoms with Crippen LogP contribution in [0.2, 0.25) is 0 Å². The quantitative estimate of drug-likeness (QED) is 0.718. The van der Waals surface area contributed by atoms with Crippen LogP contribution < -0.4 is 5.32 Å². The Morgan fingerprint density at radius 2 is 2.12 bits per heavy atom. The highest BCUT2D eigenvalue weighted by Crippen LogP contribution is 2.38. The van der Waals surface area contributed by atoms with Gasteiger partial charge in [0.1, 0.15) is 0 Å². The van der Waals surface area contributed by atoms with E-state index in [2.05, 4.69) is 15.2 Å². The standard InChI is InChI=1S/C18H27N3O2S/c22-17(23)11-21(10-12-4-5-12)15-6-14(7-15)19-8-16-9-20-18(24-16)13-2-1-3-13/h9,12-15,19H,1-8,10-11H2,(H,22,23). The van der Waals surface area contributed by atoms with Crippen LogP contribution in [-0.4, -0.2) is 46.1 Å². The van der Waals surface area contributed by atoms with Crippen molar-refractivity contribution in [3.8, 4) is 0 Å². The molecule has 0 unspecified atom stereocenters. The Morgan fingerprint density at radius 1 is 1.33 bits per heavy atom. The maximum atomic E-state index is 11.1. The van der Waals surface area contributed by atoms with E-state index in [1.54, 1.807) is 0 Å². The second-order valence-electron chi connectivity index (χ2n) is 7.76. The van der Waals surface area contributed by atoms with Gasteiger partial charge in [-0.2, -0.15) is 0 Å². The summed E-state index contributed by atoms with van der Waals surface area (Å²) in [5.74, 6) is 0.780. The molecule has 0 saturated heterocycles. The van der Waals surface area contributed by atoms with E-state index in [0.717, 1.165) is 37.8 Å². The van der Waals surface area contributed by atoms with Crippen molar-refractivity contribution in [1.82, 2.24) is 15.2 Å². The second-order valence-corrected chi connectivity index (χ2v) is 8.91. The molecule has 132 valence electrons. The summed E-state index contributed by atoms with van der Waals surface area (Å²) >= 11 is 1.86. The summed E-state index contributed by atoms with van der Waals surface area (Å²) in [6.07, 6.45) is 10.7. The largest absolute Gasteiger partial charge is 0.480 e. The molecule has 3 aliphatic rings. The molecule has 24 heavy (non-hydrogen) atoms. The zero-order valence-corrected chi connectivity index (χ0v) is 14.9. The molecular weight excluding hydrogens is 322 g/mol. The third-order valence-electron chi connectivity index (χ3n) is 5.75. The first-order valence-corrected chi connectivity index (χ1v) is 10.1. The smallest absolute Gasteiger partial charge is 0.317 e. The third kappa shape index (κ3) is 3.98. The molecular formula is C18H27N3O2S. The van der Waals surface area contributed by atoms with Gasteiger partial charge in [0.15, 0.2) is 0 Å². The van der Waals surface area contributed by atoms with Crippen LogP contribution in [0, 0.1) is 5.92 Å². The highest BCUT2D eigenvalue weighted by molar-refractivity contribution is 7.11. The Morgan fingerprint density at radius 3 is 2.75 bits per heavy atom. The normalized spacial score (nSPS) is 27.0. The molecule has 0 spiro atoms. The molecule has 3 saturated carbocycles. The lowest BCUT2D eigenvalue weighted by molar-refractivity contribution is -0.139. The van der Waals surface area contributed by atoms with E-state index in [1.807, 2.05) is 17.5 Å². The number of hydrogen-bond acceptors (Lipinski definition) is 5. The zero-order valence-electron chi connectivity index (χ0n) is 14.1. The van der Waals surface area contributed by atoms with Gasteiger partial charge in [-0.05, 0) is 44.4 Å². The van der Waals surface area contributed by atoms with Gasteiger partial charge in [-0.1, -0.05) is 6.42 Å². The fourth-order valence-electron chi connectivity index (χ4n) is 3.69. The number of nitrogens with zero attached hydrogens (tertiary/aromatic N) is 2. The number of carbonyl (C=O) groups is 1. The molecule has 5 nitrogen and oxygen atoms in total. The van der Waals surface area contributed by atoms with Crippen molar-refractivity contribution in [2.45, 2.75) is 69.5 Å². The van der Waals surface area contributed by atoms with Gasteiger partial charge in [0.05, 0.1) is 11.6 Å². The number of carboxylic acid groups (broad SMARTS) is 1. The number of nitrogens with one attached hydrogen (secondary N) is 1. The predicted octanol–water partition coefficient (Wildman–Crippen LogP) is 2.83. The van der Waals surface area contributed by atoms with Crippen molar-refractivity contribution in [2.24, 2.45) is 5.92 Å². The number of aromatic nitrogens is 1. The highest BCUT2D eigenvalue weighted by atomic mass is 32.1. The molecule has 6 heteroatoms. The number of aliphatic carboxylic acids is 1. The second kappa shape index (κ2) is 7.10. The molecule has 4 rings (SSSR count). The lowest BCUT2D eigenvalue weighted by atomic mass is 9.85. The Bertz CT molecular complexity index is 577.